The Kier molecular flexibility index (Phi) is 4.21. The van der Waals surface area contributed by atoms with E-state index in [-0.39, 0.29) is 12.4 Å². The molecule has 28 heavy (non-hydrogen) atoms. The molecule has 7 nitrogen and oxygen atoms in total. The van der Waals surface area contributed by atoms with Gasteiger partial charge in [0.05, 0.1) is 6.54 Å². The first kappa shape index (κ1) is 18.2. The van der Waals surface area contributed by atoms with E-state index in [0.29, 0.717) is 28.4 Å². The molecule has 3 heterocycles. The van der Waals surface area contributed by atoms with Crippen molar-refractivity contribution in [2.45, 2.75) is 33.9 Å². The van der Waals surface area contributed by atoms with E-state index in [0.717, 1.165) is 12.2 Å². The standard InChI is InChI=1S/C20H22FN5O2/c1-12(2)9-24-13(3)10-25-16-17(22-19(24)25)23(4)20(28)26(18(16)27)11-14-5-7-15(21)8-6-14/h5-8,10,12H,9,11H2,1-4H3. The maximum Gasteiger partial charge on any atom is 0.332 e. The topological polar surface area (TPSA) is 66.2 Å². The molecular formula is C20H22FN5O2. The first-order chi connectivity index (χ1) is 13.3. The Morgan fingerprint density at radius 2 is 1.79 bits per heavy atom. The van der Waals surface area contributed by atoms with E-state index in [2.05, 4.69) is 23.4 Å². The summed E-state index contributed by atoms with van der Waals surface area (Å²) in [6.45, 7) is 7.04. The van der Waals surface area contributed by atoms with Gasteiger partial charge in [0.25, 0.3) is 5.56 Å². The van der Waals surface area contributed by atoms with Gasteiger partial charge in [-0.25, -0.2) is 9.18 Å². The van der Waals surface area contributed by atoms with Crippen LogP contribution in [0.2, 0.25) is 0 Å². The SMILES string of the molecule is Cc1cn2c3c(=O)n(Cc4ccc(F)cc4)c(=O)n(C)c3nc2n1CC(C)C. The van der Waals surface area contributed by atoms with E-state index in [1.165, 1.54) is 21.3 Å². The van der Waals surface area contributed by atoms with Crippen LogP contribution in [-0.4, -0.2) is 23.1 Å². The first-order valence-electron chi connectivity index (χ1n) is 9.20. The lowest BCUT2D eigenvalue weighted by atomic mass is 10.2. The predicted octanol–water partition coefficient (Wildman–Crippen LogP) is 2.30. The number of hydrogen-bond acceptors (Lipinski definition) is 3. The van der Waals surface area contributed by atoms with Gasteiger partial charge >= 0.3 is 5.69 Å². The van der Waals surface area contributed by atoms with Crippen LogP contribution in [-0.2, 0) is 20.1 Å². The van der Waals surface area contributed by atoms with Crippen LogP contribution in [0.4, 0.5) is 4.39 Å². The molecule has 1 aromatic carbocycles. The number of halogens is 1. The molecule has 0 saturated carbocycles. The van der Waals surface area contributed by atoms with Crippen molar-refractivity contribution >= 4 is 16.9 Å². The summed E-state index contributed by atoms with van der Waals surface area (Å²) in [5.41, 5.74) is 1.54. The number of imidazole rings is 2. The quantitative estimate of drug-likeness (QED) is 0.543. The third kappa shape index (κ3) is 2.76. The lowest BCUT2D eigenvalue weighted by Crippen LogP contribution is -2.39. The van der Waals surface area contributed by atoms with Gasteiger partial charge in [0.2, 0.25) is 5.78 Å². The maximum absolute atomic E-state index is 13.2. The van der Waals surface area contributed by atoms with Gasteiger partial charge < -0.3 is 4.57 Å². The highest BCUT2D eigenvalue weighted by Crippen LogP contribution is 2.17. The molecule has 0 aliphatic heterocycles. The smallest absolute Gasteiger partial charge is 0.314 e. The van der Waals surface area contributed by atoms with Crippen molar-refractivity contribution in [2.75, 3.05) is 0 Å². The second kappa shape index (κ2) is 6.47. The van der Waals surface area contributed by atoms with Gasteiger partial charge in [0.1, 0.15) is 5.82 Å². The van der Waals surface area contributed by atoms with Crippen LogP contribution in [0.25, 0.3) is 16.9 Å². The fourth-order valence-corrected chi connectivity index (χ4v) is 3.56. The number of fused-ring (bicyclic) bond motifs is 3. The van der Waals surface area contributed by atoms with E-state index in [9.17, 15) is 14.0 Å². The summed E-state index contributed by atoms with van der Waals surface area (Å²) in [7, 11) is 1.61. The van der Waals surface area contributed by atoms with Gasteiger partial charge in [-0.1, -0.05) is 26.0 Å². The summed E-state index contributed by atoms with van der Waals surface area (Å²) in [6.07, 6.45) is 1.88. The number of benzene rings is 1. The lowest BCUT2D eigenvalue weighted by molar-refractivity contribution is 0.524. The first-order valence-corrected chi connectivity index (χ1v) is 9.20. The normalized spacial score (nSPS) is 11.9. The van der Waals surface area contributed by atoms with Crippen molar-refractivity contribution in [3.05, 3.63) is 68.4 Å². The van der Waals surface area contributed by atoms with Crippen LogP contribution >= 0.6 is 0 Å². The van der Waals surface area contributed by atoms with Crippen molar-refractivity contribution in [2.24, 2.45) is 13.0 Å². The fourth-order valence-electron chi connectivity index (χ4n) is 3.56. The molecule has 0 bridgehead atoms. The van der Waals surface area contributed by atoms with Gasteiger partial charge in [-0.15, -0.1) is 0 Å². The zero-order valence-corrected chi connectivity index (χ0v) is 16.3. The van der Waals surface area contributed by atoms with Crippen LogP contribution in [0, 0.1) is 18.7 Å². The summed E-state index contributed by atoms with van der Waals surface area (Å²) >= 11 is 0. The second-order valence-electron chi connectivity index (χ2n) is 7.59. The number of aryl methyl sites for hydroxylation is 2. The molecule has 0 atom stereocenters. The van der Waals surface area contributed by atoms with Gasteiger partial charge in [0.15, 0.2) is 11.2 Å². The molecule has 8 heteroatoms. The lowest BCUT2D eigenvalue weighted by Gasteiger charge is -2.08. The van der Waals surface area contributed by atoms with Crippen LogP contribution in [0.5, 0.6) is 0 Å². The van der Waals surface area contributed by atoms with Crippen molar-refractivity contribution in [1.29, 1.82) is 0 Å². The minimum atomic E-state index is -0.449. The zero-order valence-electron chi connectivity index (χ0n) is 16.3. The van der Waals surface area contributed by atoms with Crippen molar-refractivity contribution in [3.63, 3.8) is 0 Å². The number of nitrogens with zero attached hydrogens (tertiary/aromatic N) is 5. The third-order valence-corrected chi connectivity index (χ3v) is 4.94. The van der Waals surface area contributed by atoms with Gasteiger partial charge in [-0.05, 0) is 30.5 Å². The Morgan fingerprint density at radius 1 is 1.11 bits per heavy atom. The summed E-state index contributed by atoms with van der Waals surface area (Å²) in [5.74, 6) is 0.695. The van der Waals surface area contributed by atoms with Gasteiger partial charge in [-0.2, -0.15) is 4.98 Å². The highest BCUT2D eigenvalue weighted by Gasteiger charge is 2.20. The maximum atomic E-state index is 13.2. The van der Waals surface area contributed by atoms with Gasteiger partial charge in [0, 0.05) is 25.5 Å². The number of hydrogen-bond donors (Lipinski definition) is 0. The van der Waals surface area contributed by atoms with E-state index in [1.807, 2.05) is 13.1 Å². The molecule has 0 aliphatic rings. The van der Waals surface area contributed by atoms with E-state index < -0.39 is 11.2 Å². The van der Waals surface area contributed by atoms with Crippen molar-refractivity contribution in [3.8, 4) is 0 Å². The third-order valence-electron chi connectivity index (χ3n) is 4.94. The van der Waals surface area contributed by atoms with Gasteiger partial charge in [-0.3, -0.25) is 18.3 Å². The summed E-state index contributed by atoms with van der Waals surface area (Å²) in [6, 6.07) is 5.77. The molecule has 0 fully saturated rings. The Morgan fingerprint density at radius 3 is 2.43 bits per heavy atom. The molecule has 3 aromatic heterocycles. The van der Waals surface area contributed by atoms with E-state index in [1.54, 1.807) is 23.6 Å². The summed E-state index contributed by atoms with van der Waals surface area (Å²) < 4.78 is 19.5. The summed E-state index contributed by atoms with van der Waals surface area (Å²) in [4.78, 5) is 30.6. The molecular weight excluding hydrogens is 361 g/mol. The van der Waals surface area contributed by atoms with Crippen LogP contribution in [0.3, 0.4) is 0 Å². The molecule has 0 unspecified atom stereocenters. The second-order valence-corrected chi connectivity index (χ2v) is 7.59. The highest BCUT2D eigenvalue weighted by molar-refractivity contribution is 5.75. The molecule has 4 aromatic rings. The Balaban J connectivity index is 1.98. The van der Waals surface area contributed by atoms with E-state index in [4.69, 9.17) is 0 Å². The number of aromatic nitrogens is 5. The Labute approximate surface area is 160 Å². The molecule has 4 rings (SSSR count). The molecule has 0 saturated heterocycles. The molecule has 0 radical (unpaired) electrons. The minimum absolute atomic E-state index is 0.0701. The molecule has 0 aliphatic carbocycles. The number of rotatable bonds is 4. The van der Waals surface area contributed by atoms with Crippen LogP contribution < -0.4 is 11.2 Å². The fraction of sp³-hybridized carbons (Fsp3) is 0.350. The van der Waals surface area contributed by atoms with Crippen molar-refractivity contribution < 1.29 is 4.39 Å². The minimum Gasteiger partial charge on any atom is -0.314 e. The molecule has 0 amide bonds. The largest absolute Gasteiger partial charge is 0.332 e. The zero-order chi connectivity index (χ0) is 20.2. The van der Waals surface area contributed by atoms with Crippen molar-refractivity contribution in [1.82, 2.24) is 23.1 Å². The average Bonchev–Trinajstić information content (AvgIpc) is 3.15. The Bertz CT molecular complexity index is 1310. The molecule has 0 N–H and O–H groups in total. The average molecular weight is 383 g/mol. The monoisotopic (exact) mass is 383 g/mol. The molecule has 0 spiro atoms. The van der Waals surface area contributed by atoms with E-state index >= 15 is 0 Å². The Hall–Kier alpha value is -3.16. The van der Waals surface area contributed by atoms with Crippen LogP contribution in [0.15, 0.2) is 40.1 Å². The summed E-state index contributed by atoms with van der Waals surface area (Å²) in [5, 5.41) is 0. The highest BCUT2D eigenvalue weighted by atomic mass is 19.1. The predicted molar refractivity (Wildman–Crippen MR) is 105 cm³/mol. The molecule has 146 valence electrons. The van der Waals surface area contributed by atoms with Crippen LogP contribution in [0.1, 0.15) is 25.1 Å².